The largest absolute Gasteiger partial charge is 0.431 e. The lowest BCUT2D eigenvalue weighted by molar-refractivity contribution is -0.143. The van der Waals surface area contributed by atoms with Crippen molar-refractivity contribution in [2.75, 3.05) is 33.4 Å². The number of amides is 1. The van der Waals surface area contributed by atoms with Crippen LogP contribution in [-0.2, 0) is 17.5 Å². The van der Waals surface area contributed by atoms with Crippen LogP contribution in [0.5, 0.6) is 0 Å². The molecule has 2 aromatic rings. The van der Waals surface area contributed by atoms with Gasteiger partial charge in [0.1, 0.15) is 17.2 Å². The molecule has 1 aliphatic rings. The van der Waals surface area contributed by atoms with Gasteiger partial charge in [0.15, 0.2) is 0 Å². The van der Waals surface area contributed by atoms with Crippen molar-refractivity contribution in [3.63, 3.8) is 0 Å². The van der Waals surface area contributed by atoms with E-state index in [2.05, 4.69) is 5.32 Å². The molecular formula is C20H22ClF3N4O2. The molecule has 0 unspecified atom stereocenters. The zero-order valence-corrected chi connectivity index (χ0v) is 17.3. The van der Waals surface area contributed by atoms with Crippen molar-refractivity contribution in [1.29, 1.82) is 5.41 Å². The van der Waals surface area contributed by atoms with Crippen LogP contribution in [0.4, 0.5) is 13.2 Å². The molecule has 1 aromatic carbocycles. The molecule has 1 amide bonds. The lowest BCUT2D eigenvalue weighted by atomic mass is 10.00. The Morgan fingerprint density at radius 2 is 1.83 bits per heavy atom. The first-order chi connectivity index (χ1) is 14.1. The number of morpholine rings is 1. The molecule has 0 spiro atoms. The third kappa shape index (κ3) is 4.32. The van der Waals surface area contributed by atoms with Gasteiger partial charge in [0.2, 0.25) is 0 Å². The SMILES string of the molecule is CNC(=N)Cn1c(C(=O)N2CCOCC2)c(-c2ccc(Cl)cc2)c(C)c1C(F)(F)F. The van der Waals surface area contributed by atoms with E-state index in [1.807, 2.05) is 0 Å². The second-order valence-corrected chi connectivity index (χ2v) is 7.36. The average Bonchev–Trinajstić information content (AvgIpc) is 3.00. The molecule has 30 heavy (non-hydrogen) atoms. The number of carbonyl (C=O) groups is 1. The summed E-state index contributed by atoms with van der Waals surface area (Å²) < 4.78 is 48.4. The molecule has 6 nitrogen and oxygen atoms in total. The summed E-state index contributed by atoms with van der Waals surface area (Å²) in [5.41, 5.74) is -0.452. The Labute approximate surface area is 177 Å². The lowest BCUT2D eigenvalue weighted by Gasteiger charge is -2.28. The topological polar surface area (TPSA) is 70.4 Å². The van der Waals surface area contributed by atoms with Gasteiger partial charge < -0.3 is 19.5 Å². The molecular weight excluding hydrogens is 421 g/mol. The first kappa shape index (κ1) is 22.2. The summed E-state index contributed by atoms with van der Waals surface area (Å²) >= 11 is 5.95. The van der Waals surface area contributed by atoms with Crippen molar-refractivity contribution in [2.24, 2.45) is 0 Å². The molecule has 1 aromatic heterocycles. The molecule has 10 heteroatoms. The lowest BCUT2D eigenvalue weighted by Crippen LogP contribution is -2.42. The number of likely N-dealkylation sites (N-methyl/N-ethyl adjacent to an activating group) is 1. The van der Waals surface area contributed by atoms with Gasteiger partial charge in [0, 0.05) is 30.7 Å². The van der Waals surface area contributed by atoms with E-state index >= 15 is 0 Å². The van der Waals surface area contributed by atoms with Crippen LogP contribution in [0.15, 0.2) is 24.3 Å². The summed E-state index contributed by atoms with van der Waals surface area (Å²) in [6, 6.07) is 6.32. The molecule has 0 atom stereocenters. The molecule has 0 bridgehead atoms. The molecule has 2 heterocycles. The number of aromatic nitrogens is 1. The van der Waals surface area contributed by atoms with Gasteiger partial charge in [-0.1, -0.05) is 23.7 Å². The summed E-state index contributed by atoms with van der Waals surface area (Å²) in [6.45, 7) is 2.15. The fraction of sp³-hybridized carbons (Fsp3) is 0.400. The molecule has 1 saturated heterocycles. The van der Waals surface area contributed by atoms with E-state index in [4.69, 9.17) is 21.7 Å². The molecule has 3 rings (SSSR count). The Kier molecular flexibility index (Phi) is 6.42. The molecule has 0 saturated carbocycles. The van der Waals surface area contributed by atoms with E-state index < -0.39 is 24.3 Å². The number of hydrogen-bond acceptors (Lipinski definition) is 3. The van der Waals surface area contributed by atoms with Crippen LogP contribution >= 0.6 is 11.6 Å². The van der Waals surface area contributed by atoms with Crippen molar-refractivity contribution in [1.82, 2.24) is 14.8 Å². The Balaban J connectivity index is 2.29. The van der Waals surface area contributed by atoms with Crippen molar-refractivity contribution in [3.05, 3.63) is 46.2 Å². The molecule has 0 radical (unpaired) electrons. The van der Waals surface area contributed by atoms with Crippen LogP contribution in [0.3, 0.4) is 0 Å². The second-order valence-electron chi connectivity index (χ2n) is 6.92. The van der Waals surface area contributed by atoms with Gasteiger partial charge in [-0.15, -0.1) is 0 Å². The second kappa shape index (κ2) is 8.69. The molecule has 2 N–H and O–H groups in total. The maximum absolute atomic E-state index is 14.1. The van der Waals surface area contributed by atoms with Crippen molar-refractivity contribution in [2.45, 2.75) is 19.6 Å². The number of halogens is 4. The summed E-state index contributed by atoms with van der Waals surface area (Å²) in [5.74, 6) is -0.667. The number of benzene rings is 1. The molecule has 1 fully saturated rings. The fourth-order valence-corrected chi connectivity index (χ4v) is 3.74. The highest BCUT2D eigenvalue weighted by molar-refractivity contribution is 6.30. The van der Waals surface area contributed by atoms with Gasteiger partial charge in [-0.3, -0.25) is 10.2 Å². The van der Waals surface area contributed by atoms with Crippen LogP contribution in [-0.4, -0.2) is 54.6 Å². The Bertz CT molecular complexity index is 948. The summed E-state index contributed by atoms with van der Waals surface area (Å²) in [6.07, 6.45) is -4.71. The third-order valence-electron chi connectivity index (χ3n) is 5.03. The van der Waals surface area contributed by atoms with Crippen molar-refractivity contribution >= 4 is 23.3 Å². The summed E-state index contributed by atoms with van der Waals surface area (Å²) in [7, 11) is 1.45. The van der Waals surface area contributed by atoms with Crippen LogP contribution in [0.1, 0.15) is 21.7 Å². The average molecular weight is 443 g/mol. The highest BCUT2D eigenvalue weighted by atomic mass is 35.5. The first-order valence-electron chi connectivity index (χ1n) is 9.33. The zero-order chi connectivity index (χ0) is 22.1. The quantitative estimate of drug-likeness (QED) is 0.559. The number of nitrogens with one attached hydrogen (secondary N) is 2. The predicted octanol–water partition coefficient (Wildman–Crippen LogP) is 3.80. The van der Waals surface area contributed by atoms with Gasteiger partial charge in [0.25, 0.3) is 5.91 Å². The van der Waals surface area contributed by atoms with Crippen LogP contribution in [0, 0.1) is 12.3 Å². The minimum Gasteiger partial charge on any atom is -0.378 e. The Morgan fingerprint density at radius 3 is 2.37 bits per heavy atom. The van der Waals surface area contributed by atoms with Crippen LogP contribution in [0.2, 0.25) is 5.02 Å². The summed E-state index contributed by atoms with van der Waals surface area (Å²) in [4.78, 5) is 14.9. The minimum absolute atomic E-state index is 0.0645. The third-order valence-corrected chi connectivity index (χ3v) is 5.28. The standard InChI is InChI=1S/C20H22ClF3N4O2/c1-12-16(13-3-5-14(21)6-4-13)17(19(29)27-7-9-30-10-8-27)28(11-15(25)26-2)18(12)20(22,23)24/h3-6H,7-11H2,1-2H3,(H2,25,26). The highest BCUT2D eigenvalue weighted by Gasteiger charge is 2.42. The van der Waals surface area contributed by atoms with Gasteiger partial charge in [-0.05, 0) is 30.2 Å². The normalized spacial score (nSPS) is 14.7. The number of rotatable bonds is 4. The Hall–Kier alpha value is -2.52. The van der Waals surface area contributed by atoms with Gasteiger partial charge in [-0.2, -0.15) is 13.2 Å². The number of hydrogen-bond donors (Lipinski definition) is 2. The van der Waals surface area contributed by atoms with Crippen molar-refractivity contribution in [3.8, 4) is 11.1 Å². The van der Waals surface area contributed by atoms with E-state index in [-0.39, 0.29) is 35.7 Å². The van der Waals surface area contributed by atoms with E-state index in [9.17, 15) is 18.0 Å². The van der Waals surface area contributed by atoms with Crippen LogP contribution in [0.25, 0.3) is 11.1 Å². The van der Waals surface area contributed by atoms with E-state index in [1.54, 1.807) is 24.3 Å². The predicted molar refractivity (Wildman–Crippen MR) is 108 cm³/mol. The minimum atomic E-state index is -4.71. The molecule has 1 aliphatic heterocycles. The van der Waals surface area contributed by atoms with Gasteiger partial charge >= 0.3 is 6.18 Å². The number of carbonyl (C=O) groups excluding carboxylic acids is 1. The molecule has 162 valence electrons. The Morgan fingerprint density at radius 1 is 1.23 bits per heavy atom. The summed E-state index contributed by atoms with van der Waals surface area (Å²) in [5, 5.41) is 10.9. The number of nitrogens with zero attached hydrogens (tertiary/aromatic N) is 2. The van der Waals surface area contributed by atoms with Crippen LogP contribution < -0.4 is 5.32 Å². The maximum atomic E-state index is 14.1. The van der Waals surface area contributed by atoms with Gasteiger partial charge in [0.05, 0.1) is 19.8 Å². The van der Waals surface area contributed by atoms with E-state index in [0.29, 0.717) is 23.8 Å². The number of amidine groups is 1. The number of alkyl halides is 3. The van der Waals surface area contributed by atoms with Gasteiger partial charge in [-0.25, -0.2) is 0 Å². The molecule has 0 aliphatic carbocycles. The number of ether oxygens (including phenoxy) is 1. The maximum Gasteiger partial charge on any atom is 0.431 e. The zero-order valence-electron chi connectivity index (χ0n) is 16.6. The van der Waals surface area contributed by atoms with E-state index in [0.717, 1.165) is 4.57 Å². The first-order valence-corrected chi connectivity index (χ1v) is 9.71. The monoisotopic (exact) mass is 442 g/mol. The fourth-order valence-electron chi connectivity index (χ4n) is 3.61. The smallest absolute Gasteiger partial charge is 0.378 e. The highest BCUT2D eigenvalue weighted by Crippen LogP contribution is 2.41. The van der Waals surface area contributed by atoms with E-state index in [1.165, 1.54) is 18.9 Å². The van der Waals surface area contributed by atoms with Crippen molar-refractivity contribution < 1.29 is 22.7 Å².